The van der Waals surface area contributed by atoms with E-state index in [4.69, 9.17) is 9.84 Å². The van der Waals surface area contributed by atoms with Gasteiger partial charge in [0.1, 0.15) is 18.7 Å². The van der Waals surface area contributed by atoms with Gasteiger partial charge in [0.15, 0.2) is 0 Å². The molecule has 0 radical (unpaired) electrons. The number of carboxylic acids is 1. The van der Waals surface area contributed by atoms with Crippen LogP contribution in [0, 0.1) is 16.0 Å². The summed E-state index contributed by atoms with van der Waals surface area (Å²) >= 11 is 0. The quantitative estimate of drug-likeness (QED) is 0.116. The molecule has 1 aliphatic rings. The number of rotatable bonds is 11. The standard InChI is InChI=1S/C20H33N5O9/c1-20(2,3)34-19(31)24-14(8-12-4-6-13(7-5-12)25(32)33)18(30)23-10-16(27)21-9-15(26)22-11-17(28)29/h12-14H,4-11H2,1-3H3,(H,21,27)(H,22,26)(H,23,30)(H,24,31)(H,28,29)/p-1. The molecule has 34 heavy (non-hydrogen) atoms. The van der Waals surface area contributed by atoms with Crippen molar-refractivity contribution in [1.82, 2.24) is 16.0 Å². The Hall–Kier alpha value is -3.45. The molecular formula is C20H32N5O9-. The number of aliphatic imine (C=N–C) groups is 1. The van der Waals surface area contributed by atoms with Crippen LogP contribution >= 0.6 is 0 Å². The Morgan fingerprint density at radius 3 is 2.06 bits per heavy atom. The van der Waals surface area contributed by atoms with Crippen molar-refractivity contribution in [2.24, 2.45) is 10.9 Å². The van der Waals surface area contributed by atoms with Gasteiger partial charge in [-0.05, 0) is 25.2 Å². The van der Waals surface area contributed by atoms with Gasteiger partial charge in [0.25, 0.3) is 0 Å². The summed E-state index contributed by atoms with van der Waals surface area (Å²) in [5.41, 5.74) is -0.827. The highest BCUT2D eigenvalue weighted by atomic mass is 16.6. The van der Waals surface area contributed by atoms with E-state index >= 15 is 0 Å². The van der Waals surface area contributed by atoms with Crippen molar-refractivity contribution in [1.29, 1.82) is 0 Å². The van der Waals surface area contributed by atoms with Crippen LogP contribution in [-0.4, -0.2) is 77.1 Å². The van der Waals surface area contributed by atoms with Gasteiger partial charge in [-0.2, -0.15) is 0 Å². The number of nitrogens with zero attached hydrogens (tertiary/aromatic N) is 2. The molecule has 0 aromatic heterocycles. The van der Waals surface area contributed by atoms with Gasteiger partial charge in [-0.25, -0.2) is 0 Å². The van der Waals surface area contributed by atoms with Crippen molar-refractivity contribution in [3.8, 4) is 0 Å². The molecule has 0 aromatic rings. The summed E-state index contributed by atoms with van der Waals surface area (Å²) < 4.78 is 5.15. The second kappa shape index (κ2) is 13.3. The van der Waals surface area contributed by atoms with Crippen molar-refractivity contribution >= 4 is 29.8 Å². The first-order valence-corrected chi connectivity index (χ1v) is 10.9. The zero-order chi connectivity index (χ0) is 25.9. The lowest BCUT2D eigenvalue weighted by Crippen LogP contribution is -2.45. The van der Waals surface area contributed by atoms with Crippen LogP contribution in [0.4, 0.5) is 0 Å². The topological polar surface area (TPSA) is 212 Å². The second-order valence-electron chi connectivity index (χ2n) is 8.99. The van der Waals surface area contributed by atoms with Gasteiger partial charge >= 0.3 is 5.97 Å². The monoisotopic (exact) mass is 486 g/mol. The number of carboxylic acid groups (broad SMARTS) is 1. The third-order valence-corrected chi connectivity index (χ3v) is 4.93. The number of hydrogen-bond acceptors (Lipinski definition) is 9. The van der Waals surface area contributed by atoms with Crippen molar-refractivity contribution < 1.29 is 39.1 Å². The average molecular weight is 487 g/mol. The fourth-order valence-corrected chi connectivity index (χ4v) is 3.30. The number of hydrogen-bond donors (Lipinski definition) is 4. The Balaban J connectivity index is 2.68. The molecule has 1 rings (SSSR count). The van der Waals surface area contributed by atoms with Crippen LogP contribution in [0.15, 0.2) is 4.99 Å². The van der Waals surface area contributed by atoms with E-state index in [-0.39, 0.29) is 17.3 Å². The Labute approximate surface area is 196 Å². The van der Waals surface area contributed by atoms with E-state index in [1.54, 1.807) is 20.8 Å². The molecule has 0 aromatic carbocycles. The Kier molecular flexibility index (Phi) is 11.2. The highest BCUT2D eigenvalue weighted by Gasteiger charge is 2.31. The Morgan fingerprint density at radius 2 is 1.56 bits per heavy atom. The van der Waals surface area contributed by atoms with Gasteiger partial charge in [-0.3, -0.25) is 34.3 Å². The number of amides is 3. The second-order valence-corrected chi connectivity index (χ2v) is 8.99. The molecule has 14 heteroatoms. The van der Waals surface area contributed by atoms with E-state index in [1.807, 2.05) is 0 Å². The van der Waals surface area contributed by atoms with E-state index in [2.05, 4.69) is 20.9 Å². The van der Waals surface area contributed by atoms with Crippen LogP contribution in [0.25, 0.3) is 0 Å². The van der Waals surface area contributed by atoms with Gasteiger partial charge in [-0.1, -0.05) is 20.8 Å². The lowest BCUT2D eigenvalue weighted by atomic mass is 9.82. The summed E-state index contributed by atoms with van der Waals surface area (Å²) in [6.45, 7) is 3.36. The molecular weight excluding hydrogens is 454 g/mol. The minimum absolute atomic E-state index is 0.0649. The number of nitro groups is 1. The third kappa shape index (κ3) is 12.0. The molecule has 0 bridgehead atoms. The highest BCUT2D eigenvalue weighted by Crippen LogP contribution is 2.30. The number of nitrogens with one attached hydrogen (secondary N) is 3. The molecule has 4 N–H and O–H groups in total. The summed E-state index contributed by atoms with van der Waals surface area (Å²) in [5.74, 6) is -3.43. The Bertz CT molecular complexity index is 786. The molecule has 1 atom stereocenters. The largest absolute Gasteiger partial charge is 0.595 e. The van der Waals surface area contributed by atoms with Crippen molar-refractivity contribution in [3.05, 3.63) is 10.1 Å². The molecule has 0 saturated heterocycles. The van der Waals surface area contributed by atoms with Crippen LogP contribution < -0.4 is 21.1 Å². The SMILES string of the molecule is CC(C)(C)OC([O-])=NC(CC1CCC([N+](=O)[O-])CC1)C(=O)NCC(=O)NCC(=O)NCC(=O)O. The fourth-order valence-electron chi connectivity index (χ4n) is 3.30. The molecule has 0 aliphatic heterocycles. The predicted molar refractivity (Wildman–Crippen MR) is 116 cm³/mol. The maximum Gasteiger partial charge on any atom is 0.322 e. The summed E-state index contributed by atoms with van der Waals surface area (Å²) in [7, 11) is 0. The average Bonchev–Trinajstić information content (AvgIpc) is 2.73. The van der Waals surface area contributed by atoms with Crippen LogP contribution in [0.1, 0.15) is 52.9 Å². The minimum Gasteiger partial charge on any atom is -0.595 e. The van der Waals surface area contributed by atoms with Gasteiger partial charge in [0.2, 0.25) is 23.8 Å². The Morgan fingerprint density at radius 1 is 1.03 bits per heavy atom. The summed E-state index contributed by atoms with van der Waals surface area (Å²) in [5, 5.41) is 38.3. The number of carbonyl (C=O) groups is 4. The van der Waals surface area contributed by atoms with E-state index in [1.165, 1.54) is 0 Å². The normalized spacial score (nSPS) is 19.4. The highest BCUT2D eigenvalue weighted by molar-refractivity contribution is 5.90. The molecule has 1 unspecified atom stereocenters. The summed E-state index contributed by atoms with van der Waals surface area (Å²) in [6.07, 6.45) is 0.965. The molecule has 1 fully saturated rings. The zero-order valence-electron chi connectivity index (χ0n) is 19.5. The fraction of sp³-hybridized carbons (Fsp3) is 0.750. The predicted octanol–water partition coefficient (Wildman–Crippen LogP) is -1.45. The van der Waals surface area contributed by atoms with Gasteiger partial charge < -0.3 is 30.9 Å². The first-order chi connectivity index (χ1) is 15.8. The maximum atomic E-state index is 12.7. The van der Waals surface area contributed by atoms with Gasteiger partial charge in [-0.15, -0.1) is 0 Å². The smallest absolute Gasteiger partial charge is 0.322 e. The lowest BCUT2D eigenvalue weighted by molar-refractivity contribution is -0.527. The lowest BCUT2D eigenvalue weighted by Gasteiger charge is -2.31. The number of carbonyl (C=O) groups excluding carboxylic acids is 3. The number of aliphatic carboxylic acids is 1. The van der Waals surface area contributed by atoms with Crippen LogP contribution in [-0.2, 0) is 23.9 Å². The van der Waals surface area contributed by atoms with E-state index in [9.17, 15) is 34.4 Å². The van der Waals surface area contributed by atoms with Crippen LogP contribution in [0.2, 0.25) is 0 Å². The number of ether oxygens (including phenoxy) is 1. The molecule has 0 spiro atoms. The first kappa shape index (κ1) is 28.6. The molecule has 192 valence electrons. The van der Waals surface area contributed by atoms with Gasteiger partial charge in [0.05, 0.1) is 13.1 Å². The zero-order valence-corrected chi connectivity index (χ0v) is 19.5. The van der Waals surface area contributed by atoms with E-state index in [0.29, 0.717) is 25.7 Å². The summed E-state index contributed by atoms with van der Waals surface area (Å²) in [4.78, 5) is 60.9. The molecule has 1 saturated carbocycles. The molecule has 1 aliphatic carbocycles. The minimum atomic E-state index is -1.24. The van der Waals surface area contributed by atoms with Gasteiger partial charge in [0, 0.05) is 23.4 Å². The summed E-state index contributed by atoms with van der Waals surface area (Å²) in [6, 6.07) is -1.78. The van der Waals surface area contributed by atoms with E-state index < -0.39 is 67.1 Å². The third-order valence-electron chi connectivity index (χ3n) is 4.93. The molecule has 0 heterocycles. The maximum absolute atomic E-state index is 12.7. The van der Waals surface area contributed by atoms with Crippen molar-refractivity contribution in [2.45, 2.75) is 70.6 Å². The first-order valence-electron chi connectivity index (χ1n) is 10.9. The van der Waals surface area contributed by atoms with Crippen LogP contribution in [0.3, 0.4) is 0 Å². The van der Waals surface area contributed by atoms with Crippen LogP contribution in [0.5, 0.6) is 0 Å². The van der Waals surface area contributed by atoms with Crippen molar-refractivity contribution in [3.63, 3.8) is 0 Å². The van der Waals surface area contributed by atoms with E-state index in [0.717, 1.165) is 0 Å². The van der Waals surface area contributed by atoms with Crippen molar-refractivity contribution in [2.75, 3.05) is 19.6 Å². The molecule has 3 amide bonds. The molecule has 14 nitrogen and oxygen atoms in total.